The van der Waals surface area contributed by atoms with Gasteiger partial charge in [-0.05, 0) is 90.1 Å². The van der Waals surface area contributed by atoms with Crippen LogP contribution in [0.15, 0.2) is 12.1 Å². The molecule has 0 heterocycles. The zero-order valence-corrected chi connectivity index (χ0v) is 15.4. The summed E-state index contributed by atoms with van der Waals surface area (Å²) < 4.78 is 6.78. The molecule has 1 aromatic rings. The summed E-state index contributed by atoms with van der Waals surface area (Å²) in [7, 11) is 0. The molecule has 4 nitrogen and oxygen atoms in total. The molecule has 0 saturated carbocycles. The Balaban J connectivity index is 2.48. The smallest absolute Gasteiger partial charge is 0.407 e. The van der Waals surface area contributed by atoms with E-state index >= 15 is 0 Å². The Morgan fingerprint density at radius 2 is 1.84 bits per heavy atom. The van der Waals surface area contributed by atoms with Crippen molar-refractivity contribution in [2.24, 2.45) is 0 Å². The summed E-state index contributed by atoms with van der Waals surface area (Å²) in [6.07, 6.45) is 0.293. The van der Waals surface area contributed by atoms with Crippen molar-refractivity contribution in [1.29, 1.82) is 0 Å². The Bertz CT molecular complexity index is 446. The molecule has 106 valence electrons. The van der Waals surface area contributed by atoms with Crippen molar-refractivity contribution in [2.75, 3.05) is 6.54 Å². The van der Waals surface area contributed by atoms with E-state index in [1.165, 1.54) is 0 Å². The number of halogens is 2. The van der Waals surface area contributed by atoms with Gasteiger partial charge in [-0.1, -0.05) is 0 Å². The van der Waals surface area contributed by atoms with Gasteiger partial charge >= 0.3 is 6.09 Å². The summed E-state index contributed by atoms with van der Waals surface area (Å²) in [5.74, 6) is 0.310. The summed E-state index contributed by atoms with van der Waals surface area (Å²) in [6.45, 7) is 6.00. The van der Waals surface area contributed by atoms with Crippen LogP contribution in [0.1, 0.15) is 26.3 Å². The van der Waals surface area contributed by atoms with Crippen LogP contribution in [0.4, 0.5) is 4.79 Å². The van der Waals surface area contributed by atoms with Crippen LogP contribution in [0.25, 0.3) is 0 Å². The maximum Gasteiger partial charge on any atom is 0.407 e. The zero-order valence-electron chi connectivity index (χ0n) is 11.1. The van der Waals surface area contributed by atoms with Gasteiger partial charge in [0.25, 0.3) is 0 Å². The summed E-state index contributed by atoms with van der Waals surface area (Å²) in [5, 5.41) is 12.4. The normalized spacial score (nSPS) is 11.2. The average molecular weight is 489 g/mol. The van der Waals surface area contributed by atoms with Gasteiger partial charge in [0.05, 0.1) is 7.14 Å². The highest BCUT2D eigenvalue weighted by Gasteiger charge is 2.15. The number of phenols is 1. The Kier molecular flexibility index (Phi) is 6.15. The fourth-order valence-electron chi connectivity index (χ4n) is 1.39. The third-order valence-corrected chi connectivity index (χ3v) is 3.80. The van der Waals surface area contributed by atoms with Crippen molar-refractivity contribution in [1.82, 2.24) is 5.32 Å². The van der Waals surface area contributed by atoms with Crippen LogP contribution in [0.2, 0.25) is 0 Å². The number of rotatable bonds is 3. The molecule has 0 fully saturated rings. The topological polar surface area (TPSA) is 58.6 Å². The highest BCUT2D eigenvalue weighted by atomic mass is 127. The molecular weight excluding hydrogens is 472 g/mol. The van der Waals surface area contributed by atoms with Crippen molar-refractivity contribution in [3.05, 3.63) is 24.8 Å². The quantitative estimate of drug-likeness (QED) is 0.638. The molecule has 19 heavy (non-hydrogen) atoms. The molecule has 0 unspecified atom stereocenters. The monoisotopic (exact) mass is 489 g/mol. The first-order chi connectivity index (χ1) is 8.69. The van der Waals surface area contributed by atoms with Gasteiger partial charge in [0.2, 0.25) is 0 Å². The van der Waals surface area contributed by atoms with E-state index in [0.29, 0.717) is 18.7 Å². The second kappa shape index (κ2) is 6.96. The predicted molar refractivity (Wildman–Crippen MR) is 91.5 cm³/mol. The average Bonchev–Trinajstić information content (AvgIpc) is 2.23. The van der Waals surface area contributed by atoms with Crippen LogP contribution >= 0.6 is 45.2 Å². The van der Waals surface area contributed by atoms with E-state index in [2.05, 4.69) is 50.5 Å². The van der Waals surface area contributed by atoms with Gasteiger partial charge in [0.1, 0.15) is 11.4 Å². The molecule has 0 atom stereocenters. The lowest BCUT2D eigenvalue weighted by molar-refractivity contribution is 0.0528. The largest absolute Gasteiger partial charge is 0.506 e. The van der Waals surface area contributed by atoms with Gasteiger partial charge in [0, 0.05) is 6.54 Å². The number of hydrogen-bond acceptors (Lipinski definition) is 3. The molecule has 0 aromatic heterocycles. The lowest BCUT2D eigenvalue weighted by Crippen LogP contribution is -2.33. The third kappa shape index (κ3) is 6.15. The first kappa shape index (κ1) is 16.8. The maximum atomic E-state index is 11.5. The molecule has 0 saturated heterocycles. The van der Waals surface area contributed by atoms with Gasteiger partial charge < -0.3 is 15.2 Å². The number of benzene rings is 1. The van der Waals surface area contributed by atoms with Gasteiger partial charge in [-0.2, -0.15) is 0 Å². The van der Waals surface area contributed by atoms with Gasteiger partial charge in [-0.25, -0.2) is 4.79 Å². The number of carbonyl (C=O) groups is 1. The number of hydrogen-bond donors (Lipinski definition) is 2. The Morgan fingerprint density at radius 3 is 2.32 bits per heavy atom. The summed E-state index contributed by atoms with van der Waals surface area (Å²) in [5.41, 5.74) is 0.593. The minimum atomic E-state index is -0.479. The van der Waals surface area contributed by atoms with Gasteiger partial charge in [-0.15, -0.1) is 0 Å². The molecule has 0 radical (unpaired) electrons. The summed E-state index contributed by atoms with van der Waals surface area (Å²) >= 11 is 4.18. The first-order valence-corrected chi connectivity index (χ1v) is 7.98. The fraction of sp³-hybridized carbons (Fsp3) is 0.462. The molecule has 0 bridgehead atoms. The molecule has 2 N–H and O–H groups in total. The van der Waals surface area contributed by atoms with Crippen LogP contribution in [0.5, 0.6) is 5.75 Å². The fourth-order valence-corrected chi connectivity index (χ4v) is 3.28. The molecule has 1 rings (SSSR count). The minimum absolute atomic E-state index is 0.310. The molecule has 1 amide bonds. The number of phenolic OH excluding ortho intramolecular Hbond substituents is 1. The molecule has 1 aromatic carbocycles. The second-order valence-corrected chi connectivity index (χ2v) is 7.41. The van der Waals surface area contributed by atoms with Crippen molar-refractivity contribution < 1.29 is 14.6 Å². The van der Waals surface area contributed by atoms with E-state index in [4.69, 9.17) is 4.74 Å². The van der Waals surface area contributed by atoms with E-state index in [1.54, 1.807) is 0 Å². The van der Waals surface area contributed by atoms with E-state index in [0.717, 1.165) is 12.7 Å². The number of nitrogens with one attached hydrogen (secondary N) is 1. The van der Waals surface area contributed by atoms with Crippen LogP contribution < -0.4 is 5.32 Å². The molecule has 0 aliphatic carbocycles. The van der Waals surface area contributed by atoms with E-state index in [9.17, 15) is 9.90 Å². The lowest BCUT2D eigenvalue weighted by Gasteiger charge is -2.19. The number of aromatic hydroxyl groups is 1. The molecular formula is C13H17I2NO3. The number of ether oxygens (including phenoxy) is 1. The molecule has 0 aliphatic rings. The molecule has 0 spiro atoms. The highest BCUT2D eigenvalue weighted by molar-refractivity contribution is 14.1. The maximum absolute atomic E-state index is 11.5. The summed E-state index contributed by atoms with van der Waals surface area (Å²) in [6, 6.07) is 3.82. The summed E-state index contributed by atoms with van der Waals surface area (Å²) in [4.78, 5) is 11.5. The van der Waals surface area contributed by atoms with Crippen LogP contribution in [0, 0.1) is 7.14 Å². The van der Waals surface area contributed by atoms with Crippen molar-refractivity contribution in [3.8, 4) is 5.75 Å². The van der Waals surface area contributed by atoms with Gasteiger partial charge in [-0.3, -0.25) is 0 Å². The number of alkyl carbamates (subject to hydrolysis) is 1. The van der Waals surface area contributed by atoms with E-state index in [-0.39, 0.29) is 0 Å². The zero-order chi connectivity index (χ0) is 14.6. The van der Waals surface area contributed by atoms with Gasteiger partial charge in [0.15, 0.2) is 0 Å². The standard InChI is InChI=1S/C13H17I2NO3/c1-13(2,3)19-12(18)16-5-4-8-6-9(14)11(17)10(15)7-8/h6-7,17H,4-5H2,1-3H3,(H,16,18). The van der Waals surface area contributed by atoms with Crippen molar-refractivity contribution in [2.45, 2.75) is 32.8 Å². The van der Waals surface area contributed by atoms with Crippen molar-refractivity contribution in [3.63, 3.8) is 0 Å². The van der Waals surface area contributed by atoms with Crippen LogP contribution in [-0.2, 0) is 11.2 Å². The van der Waals surface area contributed by atoms with E-state index in [1.807, 2.05) is 32.9 Å². The Labute approximate surface area is 140 Å². The SMILES string of the molecule is CC(C)(C)OC(=O)NCCc1cc(I)c(O)c(I)c1. The molecule has 0 aliphatic heterocycles. The van der Waals surface area contributed by atoms with Crippen molar-refractivity contribution >= 4 is 51.3 Å². The number of carbonyl (C=O) groups excluding carboxylic acids is 1. The minimum Gasteiger partial charge on any atom is -0.506 e. The Morgan fingerprint density at radius 1 is 1.32 bits per heavy atom. The lowest BCUT2D eigenvalue weighted by atomic mass is 10.1. The molecule has 6 heteroatoms. The highest BCUT2D eigenvalue weighted by Crippen LogP contribution is 2.27. The Hall–Kier alpha value is -0.250. The van der Waals surface area contributed by atoms with Crippen LogP contribution in [0.3, 0.4) is 0 Å². The first-order valence-electron chi connectivity index (χ1n) is 5.83. The number of amides is 1. The predicted octanol–water partition coefficient (Wildman–Crippen LogP) is 3.67. The van der Waals surface area contributed by atoms with Crippen LogP contribution in [-0.4, -0.2) is 23.3 Å². The second-order valence-electron chi connectivity index (χ2n) is 5.09. The van der Waals surface area contributed by atoms with E-state index < -0.39 is 11.7 Å². The third-order valence-electron chi connectivity index (χ3n) is 2.16.